The SMILES string of the molecule is O=P1(O)Oc2cc(ccc2-c2cc(C(F)(F)F)cc(C(F)(F)F)c2)-c2cc3ccc2CCc2ccc(c(c2)-c2ccc(-c4cc(C(F)(F)F)cc(C(F)(F)F)c4)c(c2)O1)CC3. The molecule has 0 atom stereocenters. The van der Waals surface area contributed by atoms with E-state index in [1.807, 2.05) is 36.4 Å². The van der Waals surface area contributed by atoms with Crippen molar-refractivity contribution in [2.24, 2.45) is 0 Å². The minimum atomic E-state index is -5.74. The van der Waals surface area contributed by atoms with Crippen molar-refractivity contribution in [3.63, 3.8) is 0 Å². The number of aryl methyl sites for hydroxylation is 4. The molecule has 0 fully saturated rings. The topological polar surface area (TPSA) is 55.8 Å². The Morgan fingerprint density at radius 2 is 0.738 bits per heavy atom. The van der Waals surface area contributed by atoms with Gasteiger partial charge in [0.2, 0.25) is 0 Å². The number of benzene rings is 6. The van der Waals surface area contributed by atoms with Gasteiger partial charge in [-0.3, -0.25) is 4.89 Å². The molecule has 6 aliphatic rings. The van der Waals surface area contributed by atoms with Crippen LogP contribution in [0.3, 0.4) is 0 Å². The fourth-order valence-corrected chi connectivity index (χ4v) is 8.42. The quantitative estimate of drug-likeness (QED) is 0.139. The molecule has 2 heterocycles. The van der Waals surface area contributed by atoms with Gasteiger partial charge in [-0.25, -0.2) is 4.57 Å². The predicted octanol–water partition coefficient (Wildman–Crippen LogP) is 14.2. The van der Waals surface area contributed by atoms with E-state index in [0.29, 0.717) is 61.1 Å². The van der Waals surface area contributed by atoms with Crippen LogP contribution in [0, 0.1) is 0 Å². The Morgan fingerprint density at radius 3 is 1.07 bits per heavy atom. The summed E-state index contributed by atoms with van der Waals surface area (Å²) in [7, 11) is -5.74. The van der Waals surface area contributed by atoms with Crippen molar-refractivity contribution in [1.29, 1.82) is 0 Å². The summed E-state index contributed by atoms with van der Waals surface area (Å²) in [5.74, 6) is -1.45. The normalized spacial score (nSPS) is 15.2. The summed E-state index contributed by atoms with van der Waals surface area (Å²) >= 11 is 0. The maximum absolute atomic E-state index is 14.2. The molecule has 0 aromatic heterocycles. The standard InChI is InChI=1S/C44H27F12O4P/c45-41(46,47)31-15-29(16-32(21-31)42(48,49)50)35-11-9-27-19-39(35)59-61(57,58)60-40-20-28(10-12-36(40)30-17-33(43(51,52)53)22-34(18-30)44(54,55)56)38-14-24-2-6-26(38)7-3-23-1-5-25(8-4-24)37(27)13-23/h1-2,5-6,9-22H,3-4,7-8H2,(H,57,58). The van der Waals surface area contributed by atoms with Gasteiger partial charge >= 0.3 is 32.5 Å². The van der Waals surface area contributed by atoms with Crippen molar-refractivity contribution in [2.45, 2.75) is 50.4 Å². The van der Waals surface area contributed by atoms with Crippen LogP contribution >= 0.6 is 7.82 Å². The van der Waals surface area contributed by atoms with E-state index in [1.54, 1.807) is 0 Å². The number of rotatable bonds is 2. The molecule has 0 amide bonds. The van der Waals surface area contributed by atoms with Crippen molar-refractivity contribution in [3.8, 4) is 56.0 Å². The van der Waals surface area contributed by atoms with Crippen LogP contribution in [0.1, 0.15) is 44.5 Å². The van der Waals surface area contributed by atoms with E-state index < -0.39 is 88.5 Å². The van der Waals surface area contributed by atoms with Crippen LogP contribution in [-0.4, -0.2) is 4.89 Å². The van der Waals surface area contributed by atoms with Crippen LogP contribution in [0.15, 0.2) is 109 Å². The molecule has 0 spiro atoms. The van der Waals surface area contributed by atoms with Gasteiger partial charge in [0.25, 0.3) is 0 Å². The molecule has 2 aliphatic heterocycles. The number of phosphoric ester groups is 1. The van der Waals surface area contributed by atoms with E-state index in [-0.39, 0.29) is 23.3 Å². The Labute approximate surface area is 338 Å². The summed E-state index contributed by atoms with van der Waals surface area (Å²) in [5, 5.41) is 0. The molecule has 6 aromatic carbocycles. The van der Waals surface area contributed by atoms with Gasteiger partial charge in [0.05, 0.1) is 22.3 Å². The Hall–Kier alpha value is -5.73. The van der Waals surface area contributed by atoms with Crippen LogP contribution in [0.2, 0.25) is 0 Å². The molecule has 316 valence electrons. The van der Waals surface area contributed by atoms with Crippen molar-refractivity contribution in [1.82, 2.24) is 0 Å². The lowest BCUT2D eigenvalue weighted by Crippen LogP contribution is -2.11. The van der Waals surface area contributed by atoms with Gasteiger partial charge in [-0.1, -0.05) is 60.7 Å². The first kappa shape index (κ1) is 42.0. The van der Waals surface area contributed by atoms with Crippen LogP contribution < -0.4 is 9.05 Å². The average molecular weight is 879 g/mol. The predicted molar refractivity (Wildman–Crippen MR) is 201 cm³/mol. The van der Waals surface area contributed by atoms with Gasteiger partial charge < -0.3 is 9.05 Å². The molecule has 4 aliphatic carbocycles. The first-order valence-corrected chi connectivity index (χ1v) is 19.7. The number of hydrogen-bond acceptors (Lipinski definition) is 3. The lowest BCUT2D eigenvalue weighted by atomic mass is 9.87. The Bertz CT molecular complexity index is 2520. The number of fused-ring (bicyclic) bond motifs is 2. The monoisotopic (exact) mass is 878 g/mol. The van der Waals surface area contributed by atoms with Gasteiger partial charge in [-0.05, 0) is 130 Å². The summed E-state index contributed by atoms with van der Waals surface area (Å²) in [6.07, 6.45) is -19.4. The fraction of sp³-hybridized carbons (Fsp3) is 0.182. The molecule has 0 unspecified atom stereocenters. The van der Waals surface area contributed by atoms with Crippen LogP contribution in [0.4, 0.5) is 52.7 Å². The third-order valence-corrected chi connectivity index (χ3v) is 11.4. The molecule has 1 N–H and O–H groups in total. The zero-order valence-corrected chi connectivity index (χ0v) is 31.8. The summed E-state index contributed by atoms with van der Waals surface area (Å²) < 4.78 is 193. The maximum atomic E-state index is 14.2. The largest absolute Gasteiger partial charge is 0.584 e. The highest BCUT2D eigenvalue weighted by atomic mass is 31.2. The fourth-order valence-electron chi connectivity index (χ4n) is 7.59. The zero-order valence-electron chi connectivity index (χ0n) is 30.9. The summed E-state index contributed by atoms with van der Waals surface area (Å²) in [5.41, 5.74) is -4.38. The Balaban J connectivity index is 1.39. The second kappa shape index (κ2) is 14.7. The second-order valence-corrected chi connectivity index (χ2v) is 15.9. The van der Waals surface area contributed by atoms with Gasteiger partial charge in [0, 0.05) is 11.1 Å². The third-order valence-electron chi connectivity index (χ3n) is 10.5. The molecule has 0 saturated carbocycles. The second-order valence-electron chi connectivity index (χ2n) is 14.6. The van der Waals surface area contributed by atoms with Crippen molar-refractivity contribution in [2.75, 3.05) is 0 Å². The third kappa shape index (κ3) is 8.74. The smallest absolute Gasteiger partial charge is 0.395 e. The van der Waals surface area contributed by atoms with Crippen LogP contribution in [0.25, 0.3) is 44.5 Å². The molecular formula is C44H27F12O4P. The van der Waals surface area contributed by atoms with E-state index in [2.05, 4.69) is 0 Å². The van der Waals surface area contributed by atoms with E-state index in [4.69, 9.17) is 9.05 Å². The zero-order chi connectivity index (χ0) is 43.9. The van der Waals surface area contributed by atoms with Gasteiger partial charge in [0.15, 0.2) is 0 Å². The summed E-state index contributed by atoms with van der Waals surface area (Å²) in [6, 6.07) is 19.9. The number of halogens is 12. The van der Waals surface area contributed by atoms with Gasteiger partial charge in [0.1, 0.15) is 11.5 Å². The highest BCUT2D eigenvalue weighted by Gasteiger charge is 2.40. The lowest BCUT2D eigenvalue weighted by Gasteiger charge is -2.23. The highest BCUT2D eigenvalue weighted by molar-refractivity contribution is 7.48. The highest BCUT2D eigenvalue weighted by Crippen LogP contribution is 2.52. The molecule has 17 heteroatoms. The number of phosphoric acid groups is 1. The number of alkyl halides is 12. The Morgan fingerprint density at radius 1 is 0.393 bits per heavy atom. The van der Waals surface area contributed by atoms with Gasteiger partial charge in [-0.2, -0.15) is 52.7 Å². The van der Waals surface area contributed by atoms with E-state index in [0.717, 1.165) is 46.5 Å². The molecule has 12 rings (SSSR count). The Kier molecular flexibility index (Phi) is 10.1. The van der Waals surface area contributed by atoms with Crippen molar-refractivity contribution < 1.29 is 71.2 Å². The summed E-state index contributed by atoms with van der Waals surface area (Å²) in [6.45, 7) is 0. The van der Waals surface area contributed by atoms with Gasteiger partial charge in [-0.15, -0.1) is 0 Å². The van der Waals surface area contributed by atoms with Crippen molar-refractivity contribution >= 4 is 7.82 Å². The molecule has 6 aromatic rings. The molecule has 0 radical (unpaired) electrons. The van der Waals surface area contributed by atoms with Crippen LogP contribution in [-0.2, 0) is 55.0 Å². The lowest BCUT2D eigenvalue weighted by molar-refractivity contribution is -0.144. The molecule has 10 bridgehead atoms. The number of hydrogen-bond donors (Lipinski definition) is 1. The minimum Gasteiger partial charge on any atom is -0.395 e. The van der Waals surface area contributed by atoms with E-state index in [1.165, 1.54) is 12.1 Å². The minimum absolute atomic E-state index is 0.0996. The van der Waals surface area contributed by atoms with Crippen LogP contribution in [0.5, 0.6) is 11.5 Å². The molecular weight excluding hydrogens is 851 g/mol. The molecule has 61 heavy (non-hydrogen) atoms. The first-order chi connectivity index (χ1) is 28.4. The average Bonchev–Trinajstić information content (AvgIpc) is 3.16. The van der Waals surface area contributed by atoms with Crippen molar-refractivity contribution in [3.05, 3.63) is 154 Å². The van der Waals surface area contributed by atoms with E-state index >= 15 is 0 Å². The van der Waals surface area contributed by atoms with E-state index in [9.17, 15) is 62.1 Å². The summed E-state index contributed by atoms with van der Waals surface area (Å²) in [4.78, 5) is 11.4. The first-order valence-electron chi connectivity index (χ1n) is 18.3. The molecule has 0 saturated heterocycles. The maximum Gasteiger partial charge on any atom is 0.584 e. The molecule has 4 nitrogen and oxygen atoms in total.